The molecule has 1 amide bonds. The van der Waals surface area contributed by atoms with Gasteiger partial charge in [-0.25, -0.2) is 0 Å². The third kappa shape index (κ3) is 4.56. The van der Waals surface area contributed by atoms with Crippen molar-refractivity contribution in [3.8, 4) is 11.3 Å². The van der Waals surface area contributed by atoms with Crippen molar-refractivity contribution in [2.45, 2.75) is 38.1 Å². The number of aromatic amines is 1. The van der Waals surface area contributed by atoms with Gasteiger partial charge in [-0.15, -0.1) is 12.4 Å². The van der Waals surface area contributed by atoms with Gasteiger partial charge in [-0.2, -0.15) is 5.10 Å². The smallest absolute Gasteiger partial charge is 0.224 e. The molecular formula is C17H23ClN4O. The van der Waals surface area contributed by atoms with Gasteiger partial charge in [0.05, 0.1) is 5.69 Å². The van der Waals surface area contributed by atoms with Crippen LogP contribution < -0.4 is 11.1 Å². The van der Waals surface area contributed by atoms with E-state index in [4.69, 9.17) is 5.73 Å². The average molecular weight is 335 g/mol. The lowest BCUT2D eigenvalue weighted by molar-refractivity contribution is -0.117. The van der Waals surface area contributed by atoms with Crippen LogP contribution in [0, 0.1) is 5.92 Å². The second-order valence-electron chi connectivity index (χ2n) is 6.01. The minimum absolute atomic E-state index is 0. The first-order chi connectivity index (χ1) is 10.7. The number of hydrogen-bond donors (Lipinski definition) is 3. The second-order valence-corrected chi connectivity index (χ2v) is 6.01. The van der Waals surface area contributed by atoms with Crippen LogP contribution in [0.25, 0.3) is 11.3 Å². The molecule has 1 aromatic heterocycles. The molecule has 1 aromatic carbocycles. The minimum atomic E-state index is 0. The van der Waals surface area contributed by atoms with E-state index >= 15 is 0 Å². The normalized spacial score (nSPS) is 20.6. The Morgan fingerprint density at radius 3 is 2.61 bits per heavy atom. The number of hydrogen-bond acceptors (Lipinski definition) is 3. The number of nitrogens with zero attached hydrogens (tertiary/aromatic N) is 1. The van der Waals surface area contributed by atoms with E-state index < -0.39 is 0 Å². The van der Waals surface area contributed by atoms with E-state index in [1.165, 1.54) is 12.8 Å². The van der Waals surface area contributed by atoms with Gasteiger partial charge in [-0.1, -0.05) is 25.0 Å². The van der Waals surface area contributed by atoms with Gasteiger partial charge in [0, 0.05) is 24.3 Å². The van der Waals surface area contributed by atoms with E-state index in [1.807, 2.05) is 30.3 Å². The third-order valence-electron chi connectivity index (χ3n) is 4.40. The fraction of sp³-hybridized carbons (Fsp3) is 0.412. The molecule has 0 bridgehead atoms. The number of carbonyl (C=O) groups is 1. The molecule has 0 aliphatic heterocycles. The van der Waals surface area contributed by atoms with Crippen LogP contribution in [0.1, 0.15) is 32.1 Å². The molecule has 1 heterocycles. The lowest BCUT2D eigenvalue weighted by Crippen LogP contribution is -2.35. The van der Waals surface area contributed by atoms with E-state index in [0.717, 1.165) is 29.8 Å². The molecule has 0 saturated heterocycles. The number of anilines is 1. The van der Waals surface area contributed by atoms with E-state index in [2.05, 4.69) is 15.5 Å². The van der Waals surface area contributed by atoms with Crippen molar-refractivity contribution in [3.05, 3.63) is 36.5 Å². The van der Waals surface area contributed by atoms with Crippen molar-refractivity contribution in [2.24, 2.45) is 11.7 Å². The molecular weight excluding hydrogens is 312 g/mol. The lowest BCUT2D eigenvalue weighted by atomic mass is 9.83. The highest BCUT2D eigenvalue weighted by atomic mass is 35.5. The first-order valence-electron chi connectivity index (χ1n) is 7.87. The number of aromatic nitrogens is 2. The number of benzene rings is 1. The van der Waals surface area contributed by atoms with E-state index in [9.17, 15) is 4.79 Å². The van der Waals surface area contributed by atoms with Crippen molar-refractivity contribution >= 4 is 24.0 Å². The number of nitrogens with one attached hydrogen (secondary N) is 2. The van der Waals surface area contributed by atoms with Gasteiger partial charge in [0.1, 0.15) is 0 Å². The van der Waals surface area contributed by atoms with Gasteiger partial charge in [0.2, 0.25) is 5.91 Å². The molecule has 6 heteroatoms. The van der Waals surface area contributed by atoms with Gasteiger partial charge in [0.15, 0.2) is 0 Å². The Bertz CT molecular complexity index is 612. The topological polar surface area (TPSA) is 83.8 Å². The molecule has 1 aliphatic carbocycles. The average Bonchev–Trinajstić information content (AvgIpc) is 3.05. The molecule has 5 nitrogen and oxygen atoms in total. The Labute approximate surface area is 142 Å². The maximum atomic E-state index is 12.2. The molecule has 1 saturated carbocycles. The Morgan fingerprint density at radius 2 is 1.96 bits per heavy atom. The van der Waals surface area contributed by atoms with Crippen LogP contribution in [0.2, 0.25) is 0 Å². The van der Waals surface area contributed by atoms with Gasteiger partial charge >= 0.3 is 0 Å². The first kappa shape index (κ1) is 17.5. The molecule has 124 valence electrons. The summed E-state index contributed by atoms with van der Waals surface area (Å²) in [7, 11) is 0. The quantitative estimate of drug-likeness (QED) is 0.801. The molecule has 1 fully saturated rings. The van der Waals surface area contributed by atoms with Crippen molar-refractivity contribution in [1.29, 1.82) is 0 Å². The van der Waals surface area contributed by atoms with Crippen LogP contribution in [0.15, 0.2) is 36.5 Å². The number of H-pyrrole nitrogens is 1. The predicted molar refractivity (Wildman–Crippen MR) is 94.5 cm³/mol. The Morgan fingerprint density at radius 1 is 1.22 bits per heavy atom. The highest BCUT2D eigenvalue weighted by Crippen LogP contribution is 2.26. The molecule has 4 N–H and O–H groups in total. The highest BCUT2D eigenvalue weighted by molar-refractivity contribution is 5.91. The highest BCUT2D eigenvalue weighted by Gasteiger charge is 2.24. The summed E-state index contributed by atoms with van der Waals surface area (Å²) in [6.07, 6.45) is 6.71. The zero-order valence-corrected chi connectivity index (χ0v) is 13.8. The summed E-state index contributed by atoms with van der Waals surface area (Å²) in [5.41, 5.74) is 8.93. The number of halogens is 1. The Balaban J connectivity index is 0.00000192. The first-order valence-corrected chi connectivity index (χ1v) is 7.87. The maximum Gasteiger partial charge on any atom is 0.224 e. The van der Waals surface area contributed by atoms with E-state index in [-0.39, 0.29) is 24.4 Å². The number of carbonyl (C=O) groups excluding carboxylic acids is 1. The largest absolute Gasteiger partial charge is 0.327 e. The standard InChI is InChI=1S/C17H22N4O.ClH/c18-15-4-2-1-3-13(15)11-17(22)20-14-7-5-12(6-8-14)16-9-10-19-21-16;/h5-10,13,15H,1-4,11,18H2,(H,19,21)(H,20,22);1H. The molecule has 0 radical (unpaired) electrons. The molecule has 3 rings (SSSR count). The van der Waals surface area contributed by atoms with Crippen LogP contribution >= 0.6 is 12.4 Å². The SMILES string of the molecule is Cl.NC1CCCCC1CC(=O)Nc1ccc(-c2ccn[nH]2)cc1. The number of amides is 1. The summed E-state index contributed by atoms with van der Waals surface area (Å²) < 4.78 is 0. The molecule has 0 spiro atoms. The monoisotopic (exact) mass is 334 g/mol. The van der Waals surface area contributed by atoms with Crippen molar-refractivity contribution in [1.82, 2.24) is 10.2 Å². The van der Waals surface area contributed by atoms with Crippen LogP contribution in [-0.4, -0.2) is 22.1 Å². The van der Waals surface area contributed by atoms with Crippen LogP contribution in [-0.2, 0) is 4.79 Å². The molecule has 1 aliphatic rings. The summed E-state index contributed by atoms with van der Waals surface area (Å²) in [4.78, 5) is 12.2. The molecule has 2 unspecified atom stereocenters. The van der Waals surface area contributed by atoms with Crippen LogP contribution in [0.5, 0.6) is 0 Å². The molecule has 23 heavy (non-hydrogen) atoms. The van der Waals surface area contributed by atoms with Gasteiger partial charge in [-0.05, 0) is 42.5 Å². The lowest BCUT2D eigenvalue weighted by Gasteiger charge is -2.27. The van der Waals surface area contributed by atoms with E-state index in [0.29, 0.717) is 12.3 Å². The third-order valence-corrected chi connectivity index (χ3v) is 4.40. The zero-order chi connectivity index (χ0) is 15.4. The Hall–Kier alpha value is -1.85. The fourth-order valence-corrected chi connectivity index (χ4v) is 3.09. The predicted octanol–water partition coefficient (Wildman–Crippen LogP) is 3.34. The number of rotatable bonds is 4. The Kier molecular flexibility index (Phi) is 6.19. The summed E-state index contributed by atoms with van der Waals surface area (Å²) in [6.45, 7) is 0. The summed E-state index contributed by atoms with van der Waals surface area (Å²) in [6, 6.07) is 9.84. The van der Waals surface area contributed by atoms with Crippen LogP contribution in [0.4, 0.5) is 5.69 Å². The van der Waals surface area contributed by atoms with Crippen molar-refractivity contribution in [3.63, 3.8) is 0 Å². The van der Waals surface area contributed by atoms with Gasteiger partial charge < -0.3 is 11.1 Å². The zero-order valence-electron chi connectivity index (χ0n) is 13.0. The second kappa shape index (κ2) is 8.13. The number of nitrogens with two attached hydrogens (primary N) is 1. The summed E-state index contributed by atoms with van der Waals surface area (Å²) >= 11 is 0. The summed E-state index contributed by atoms with van der Waals surface area (Å²) in [5, 5.41) is 9.82. The van der Waals surface area contributed by atoms with E-state index in [1.54, 1.807) is 6.20 Å². The maximum absolute atomic E-state index is 12.2. The molecule has 2 aromatic rings. The van der Waals surface area contributed by atoms with Gasteiger partial charge in [-0.3, -0.25) is 9.89 Å². The fourth-order valence-electron chi connectivity index (χ4n) is 3.09. The van der Waals surface area contributed by atoms with Crippen molar-refractivity contribution < 1.29 is 4.79 Å². The minimum Gasteiger partial charge on any atom is -0.327 e. The van der Waals surface area contributed by atoms with Crippen molar-refractivity contribution in [2.75, 3.05) is 5.32 Å². The van der Waals surface area contributed by atoms with Crippen LogP contribution in [0.3, 0.4) is 0 Å². The summed E-state index contributed by atoms with van der Waals surface area (Å²) in [5.74, 6) is 0.370. The van der Waals surface area contributed by atoms with Gasteiger partial charge in [0.25, 0.3) is 0 Å². The molecule has 2 atom stereocenters.